The van der Waals surface area contributed by atoms with E-state index in [9.17, 15) is 36.0 Å². The van der Waals surface area contributed by atoms with Crippen molar-refractivity contribution < 1.29 is 45.1 Å². The Kier molecular flexibility index (Phi) is 9.35. The number of nitrogens with two attached hydrogens (primary N) is 1. The van der Waals surface area contributed by atoms with Crippen LogP contribution in [0.4, 0.5) is 13.2 Å². The third-order valence-electron chi connectivity index (χ3n) is 10.8. The minimum Gasteiger partial charge on any atom is -0.470 e. The number of nitrogens with one attached hydrogen (secondary N) is 2. The fourth-order valence-electron chi connectivity index (χ4n) is 7.48. The number of aromatic nitrogens is 2. The second kappa shape index (κ2) is 13.9. The molecule has 8 rings (SSSR count). The Balaban J connectivity index is 1.12. The Labute approximate surface area is 313 Å². The van der Waals surface area contributed by atoms with E-state index in [1.807, 2.05) is 12.2 Å². The summed E-state index contributed by atoms with van der Waals surface area (Å²) in [6.45, 7) is -0.0927. The zero-order chi connectivity index (χ0) is 38.7. The van der Waals surface area contributed by atoms with Gasteiger partial charge in [-0.15, -0.1) is 0 Å². The largest absolute Gasteiger partial charge is 0.470 e. The molecule has 0 unspecified atom stereocenters. The standard InChI is InChI=1S/C38H39F3N6O7S/c39-38(40,41)22-14-12-21(13-15-22)32-43-30-26-9-6-7-11-29(26)54-31(30)34(44-32)53-24-18-28-33(48)45-37(36(50)46-55(51,52)25-16-17-25)19-23(37)8-4-2-1-3-5-10-27(42)35(49)47(28)20-24/h4,6-9,11-15,23-25,27-28H,1-3,5,10,16-20,42H2,(H,45,48)(H,46,50)/t23-,24-,27+,28+,37-/m1/s1. The van der Waals surface area contributed by atoms with Crippen LogP contribution in [-0.2, 0) is 30.6 Å². The molecule has 2 aliphatic carbocycles. The number of carbonyl (C=O) groups excluding carboxylic acids is 3. The molecule has 0 radical (unpaired) electrons. The van der Waals surface area contributed by atoms with E-state index in [1.165, 1.54) is 17.0 Å². The van der Waals surface area contributed by atoms with Gasteiger partial charge in [-0.25, -0.2) is 13.4 Å². The van der Waals surface area contributed by atoms with Gasteiger partial charge in [0.2, 0.25) is 27.4 Å². The zero-order valence-corrected chi connectivity index (χ0v) is 30.4. The molecule has 0 bridgehead atoms. The quantitative estimate of drug-likeness (QED) is 0.231. The van der Waals surface area contributed by atoms with E-state index in [0.717, 1.165) is 25.0 Å². The van der Waals surface area contributed by atoms with Crippen molar-refractivity contribution in [3.05, 3.63) is 66.2 Å². The predicted octanol–water partition coefficient (Wildman–Crippen LogP) is 4.74. The van der Waals surface area contributed by atoms with Gasteiger partial charge in [-0.05, 0) is 62.8 Å². The molecule has 3 fully saturated rings. The molecule has 2 aromatic heterocycles. The molecular formula is C38H39F3N6O7S. The number of hydrogen-bond acceptors (Lipinski definition) is 10. The number of para-hydroxylation sites is 1. The molecule has 2 aromatic carbocycles. The summed E-state index contributed by atoms with van der Waals surface area (Å²) in [5.74, 6) is -2.41. The van der Waals surface area contributed by atoms with Crippen LogP contribution >= 0.6 is 0 Å². The molecule has 5 atom stereocenters. The highest BCUT2D eigenvalue weighted by molar-refractivity contribution is 7.91. The van der Waals surface area contributed by atoms with Crippen molar-refractivity contribution in [2.24, 2.45) is 11.7 Å². The van der Waals surface area contributed by atoms with Crippen molar-refractivity contribution in [3.63, 3.8) is 0 Å². The van der Waals surface area contributed by atoms with Crippen molar-refractivity contribution in [2.45, 2.75) is 92.9 Å². The molecule has 13 nitrogen and oxygen atoms in total. The highest BCUT2D eigenvalue weighted by Gasteiger charge is 2.62. The predicted molar refractivity (Wildman–Crippen MR) is 194 cm³/mol. The molecule has 4 N–H and O–H groups in total. The monoisotopic (exact) mass is 780 g/mol. The van der Waals surface area contributed by atoms with Crippen molar-refractivity contribution in [2.75, 3.05) is 6.54 Å². The number of nitrogens with zero attached hydrogens (tertiary/aromatic N) is 3. The molecule has 3 amide bonds. The van der Waals surface area contributed by atoms with Crippen LogP contribution in [0, 0.1) is 5.92 Å². The first kappa shape index (κ1) is 36.9. The van der Waals surface area contributed by atoms with Crippen LogP contribution in [0.25, 0.3) is 33.5 Å². The van der Waals surface area contributed by atoms with Crippen LogP contribution in [0.5, 0.6) is 5.88 Å². The molecule has 1 saturated heterocycles. The average molecular weight is 781 g/mol. The summed E-state index contributed by atoms with van der Waals surface area (Å²) in [6, 6.07) is 9.35. The molecule has 55 heavy (non-hydrogen) atoms. The number of carbonyl (C=O) groups is 3. The SMILES string of the molecule is N[C@H]1CCCCCC=C[C@@H]2C[C@@]2(C(=O)NS(=O)(=O)C2CC2)NC(=O)[C@@H]2C[C@@H](Oc3nc(-c4ccc(C(F)(F)F)cc4)nc4c3oc3ccccc34)CN2C1=O. The maximum Gasteiger partial charge on any atom is 0.416 e. The van der Waals surface area contributed by atoms with Crippen LogP contribution in [-0.4, -0.2) is 76.5 Å². The molecule has 4 aliphatic rings. The Hall–Kier alpha value is -5.03. The Morgan fingerprint density at radius 1 is 1.04 bits per heavy atom. The van der Waals surface area contributed by atoms with E-state index in [0.29, 0.717) is 48.6 Å². The van der Waals surface area contributed by atoms with E-state index < -0.39 is 74.4 Å². The van der Waals surface area contributed by atoms with E-state index in [1.54, 1.807) is 24.3 Å². The first-order valence-corrected chi connectivity index (χ1v) is 19.9. The number of benzene rings is 2. The van der Waals surface area contributed by atoms with E-state index in [-0.39, 0.29) is 42.2 Å². The van der Waals surface area contributed by atoms with Gasteiger partial charge in [0.1, 0.15) is 28.8 Å². The Morgan fingerprint density at radius 3 is 2.55 bits per heavy atom. The summed E-state index contributed by atoms with van der Waals surface area (Å²) in [4.78, 5) is 52.3. The van der Waals surface area contributed by atoms with Gasteiger partial charge in [0.05, 0.1) is 23.4 Å². The van der Waals surface area contributed by atoms with Gasteiger partial charge in [0.25, 0.3) is 11.8 Å². The van der Waals surface area contributed by atoms with Crippen LogP contribution in [0.2, 0.25) is 0 Å². The summed E-state index contributed by atoms with van der Waals surface area (Å²) < 4.78 is 80.3. The lowest BCUT2D eigenvalue weighted by Gasteiger charge is -2.28. The number of hydrogen-bond donors (Lipinski definition) is 3. The first-order valence-electron chi connectivity index (χ1n) is 18.4. The second-order valence-electron chi connectivity index (χ2n) is 14.8. The van der Waals surface area contributed by atoms with Crippen molar-refractivity contribution >= 4 is 49.8 Å². The number of amides is 3. The van der Waals surface area contributed by atoms with Crippen molar-refractivity contribution in [1.29, 1.82) is 0 Å². The lowest BCUT2D eigenvalue weighted by Crippen LogP contribution is -2.57. The molecule has 17 heteroatoms. The van der Waals surface area contributed by atoms with Gasteiger partial charge in [-0.2, -0.15) is 18.2 Å². The second-order valence-corrected chi connectivity index (χ2v) is 16.8. The Morgan fingerprint density at radius 2 is 1.80 bits per heavy atom. The van der Waals surface area contributed by atoms with E-state index >= 15 is 0 Å². The summed E-state index contributed by atoms with van der Waals surface area (Å²) in [6.07, 6.45) is 2.78. The van der Waals surface area contributed by atoms with Gasteiger partial charge in [0, 0.05) is 23.3 Å². The average Bonchev–Trinajstić information content (AvgIpc) is 4.05. The highest BCUT2D eigenvalue weighted by Crippen LogP contribution is 2.46. The van der Waals surface area contributed by atoms with Crippen LogP contribution in [0.15, 0.2) is 65.1 Å². The van der Waals surface area contributed by atoms with Gasteiger partial charge in [0.15, 0.2) is 5.82 Å². The van der Waals surface area contributed by atoms with Gasteiger partial charge in [-0.1, -0.05) is 49.3 Å². The van der Waals surface area contributed by atoms with Gasteiger partial charge in [-0.3, -0.25) is 19.1 Å². The molecule has 0 spiro atoms. The summed E-state index contributed by atoms with van der Waals surface area (Å²) in [7, 11) is -3.91. The van der Waals surface area contributed by atoms with E-state index in [4.69, 9.17) is 14.9 Å². The molecule has 290 valence electrons. The summed E-state index contributed by atoms with van der Waals surface area (Å²) in [5, 5.41) is 2.78. The molecule has 4 aromatic rings. The maximum absolute atomic E-state index is 14.2. The number of rotatable bonds is 6. The minimum absolute atomic E-state index is 0.0467. The number of allylic oxidation sites excluding steroid dienone is 1. The molecule has 2 aliphatic heterocycles. The molecular weight excluding hydrogens is 742 g/mol. The third-order valence-corrected chi connectivity index (χ3v) is 12.6. The van der Waals surface area contributed by atoms with Crippen molar-refractivity contribution in [3.8, 4) is 17.3 Å². The number of halogens is 3. The number of alkyl halides is 3. The fourth-order valence-corrected chi connectivity index (χ4v) is 8.85. The lowest BCUT2D eigenvalue weighted by molar-refractivity contribution is -0.140. The van der Waals surface area contributed by atoms with Crippen LogP contribution < -0.4 is 20.5 Å². The van der Waals surface area contributed by atoms with Crippen LogP contribution in [0.1, 0.15) is 63.4 Å². The topological polar surface area (TPSA) is 187 Å². The third kappa shape index (κ3) is 7.26. The van der Waals surface area contributed by atoms with Gasteiger partial charge >= 0.3 is 6.18 Å². The molecule has 4 heterocycles. The van der Waals surface area contributed by atoms with Crippen molar-refractivity contribution in [1.82, 2.24) is 24.9 Å². The zero-order valence-electron chi connectivity index (χ0n) is 29.6. The van der Waals surface area contributed by atoms with E-state index in [2.05, 4.69) is 20.0 Å². The summed E-state index contributed by atoms with van der Waals surface area (Å²) >= 11 is 0. The Bertz CT molecular complexity index is 2310. The minimum atomic E-state index is -4.54. The fraction of sp³-hybridized carbons (Fsp3) is 0.447. The first-order chi connectivity index (χ1) is 26.2. The normalized spacial score (nSPS) is 26.5. The number of sulfonamides is 1. The number of ether oxygens (including phenoxy) is 1. The lowest BCUT2D eigenvalue weighted by atomic mass is 10.1. The van der Waals surface area contributed by atoms with Gasteiger partial charge < -0.3 is 25.1 Å². The van der Waals surface area contributed by atoms with Crippen LogP contribution in [0.3, 0.4) is 0 Å². The maximum atomic E-state index is 14.2. The number of furan rings is 1. The highest BCUT2D eigenvalue weighted by atomic mass is 32.2. The smallest absolute Gasteiger partial charge is 0.416 e. The molecule has 2 saturated carbocycles. The number of fused-ring (bicyclic) bond motifs is 5. The summed E-state index contributed by atoms with van der Waals surface area (Å²) in [5.41, 5.74) is 5.28.